The first-order valence-corrected chi connectivity index (χ1v) is 4.40. The van der Waals surface area contributed by atoms with Crippen molar-refractivity contribution in [1.82, 2.24) is 10.6 Å². The molecule has 13 heavy (non-hydrogen) atoms. The summed E-state index contributed by atoms with van der Waals surface area (Å²) in [7, 11) is 0. The molecule has 1 rings (SSSR count). The summed E-state index contributed by atoms with van der Waals surface area (Å²) in [5, 5.41) is 5.30. The van der Waals surface area contributed by atoms with Crippen molar-refractivity contribution >= 4 is 11.8 Å². The molecule has 0 saturated carbocycles. The fourth-order valence-corrected chi connectivity index (χ4v) is 1.30. The van der Waals surface area contributed by atoms with Gasteiger partial charge in [0.2, 0.25) is 11.8 Å². The lowest BCUT2D eigenvalue weighted by Gasteiger charge is -2.28. The number of rotatable bonds is 3. The minimum atomic E-state index is -0.437. The van der Waals surface area contributed by atoms with Crippen LogP contribution in [0.2, 0.25) is 0 Å². The standard InChI is InChI=1S/C9H14N2O2/c1-3-5-7-9(13)10-6(4-2)8(12)11-7/h3,6-7H,1,4-5H2,2H3,(H,10,13)(H,11,12). The molecule has 1 aliphatic heterocycles. The van der Waals surface area contributed by atoms with Crippen LogP contribution in [0.3, 0.4) is 0 Å². The molecule has 4 heteroatoms. The Morgan fingerprint density at radius 2 is 1.85 bits per heavy atom. The van der Waals surface area contributed by atoms with Crippen molar-refractivity contribution in [2.45, 2.75) is 31.8 Å². The molecule has 2 unspecified atom stereocenters. The van der Waals surface area contributed by atoms with Gasteiger partial charge in [-0.25, -0.2) is 0 Å². The van der Waals surface area contributed by atoms with E-state index in [0.717, 1.165) is 0 Å². The number of hydrogen-bond donors (Lipinski definition) is 2. The minimum absolute atomic E-state index is 0.103. The van der Waals surface area contributed by atoms with E-state index in [4.69, 9.17) is 0 Å². The molecule has 0 aromatic heterocycles. The lowest BCUT2D eigenvalue weighted by molar-refractivity contribution is -0.136. The Balaban J connectivity index is 2.61. The average molecular weight is 182 g/mol. The Kier molecular flexibility index (Phi) is 3.06. The zero-order valence-corrected chi connectivity index (χ0v) is 7.67. The van der Waals surface area contributed by atoms with E-state index >= 15 is 0 Å². The summed E-state index contributed by atoms with van der Waals surface area (Å²) in [6.07, 6.45) is 2.73. The predicted molar refractivity (Wildman–Crippen MR) is 49.0 cm³/mol. The zero-order valence-electron chi connectivity index (χ0n) is 7.67. The summed E-state index contributed by atoms with van der Waals surface area (Å²) in [4.78, 5) is 22.6. The van der Waals surface area contributed by atoms with Crippen LogP contribution in [0.25, 0.3) is 0 Å². The quantitative estimate of drug-likeness (QED) is 0.601. The van der Waals surface area contributed by atoms with Gasteiger partial charge in [0.1, 0.15) is 12.1 Å². The summed E-state index contributed by atoms with van der Waals surface area (Å²) >= 11 is 0. The molecule has 0 aromatic rings. The van der Waals surface area contributed by atoms with Gasteiger partial charge in [-0.3, -0.25) is 9.59 Å². The fraction of sp³-hybridized carbons (Fsp3) is 0.556. The molecule has 72 valence electrons. The molecule has 0 bridgehead atoms. The predicted octanol–water partition coefficient (Wildman–Crippen LogP) is -0.0443. The van der Waals surface area contributed by atoms with Gasteiger partial charge in [0.25, 0.3) is 0 Å². The summed E-state index contributed by atoms with van der Waals surface area (Å²) in [6.45, 7) is 5.38. The van der Waals surface area contributed by atoms with Crippen molar-refractivity contribution in [2.75, 3.05) is 0 Å². The molecule has 0 spiro atoms. The first kappa shape index (κ1) is 9.77. The van der Waals surface area contributed by atoms with Crippen molar-refractivity contribution in [1.29, 1.82) is 0 Å². The first-order chi connectivity index (χ1) is 6.19. The van der Waals surface area contributed by atoms with E-state index < -0.39 is 6.04 Å². The van der Waals surface area contributed by atoms with Crippen molar-refractivity contribution in [3.05, 3.63) is 12.7 Å². The largest absolute Gasteiger partial charge is 0.343 e. The van der Waals surface area contributed by atoms with Gasteiger partial charge in [-0.2, -0.15) is 0 Å². The molecule has 2 N–H and O–H groups in total. The van der Waals surface area contributed by atoms with Crippen LogP contribution in [0.5, 0.6) is 0 Å². The van der Waals surface area contributed by atoms with Crippen LogP contribution in [-0.4, -0.2) is 23.9 Å². The van der Waals surface area contributed by atoms with Crippen LogP contribution in [0.15, 0.2) is 12.7 Å². The van der Waals surface area contributed by atoms with Crippen LogP contribution in [0.1, 0.15) is 19.8 Å². The third-order valence-corrected chi connectivity index (χ3v) is 2.08. The van der Waals surface area contributed by atoms with E-state index in [2.05, 4.69) is 17.2 Å². The van der Waals surface area contributed by atoms with Crippen LogP contribution in [0, 0.1) is 0 Å². The molecule has 0 aromatic carbocycles. The molecule has 2 amide bonds. The SMILES string of the molecule is C=CCC1NC(=O)C(CC)NC1=O. The molecule has 2 atom stereocenters. The summed E-state index contributed by atoms with van der Waals surface area (Å²) in [5.41, 5.74) is 0. The maximum Gasteiger partial charge on any atom is 0.243 e. The molecular weight excluding hydrogens is 168 g/mol. The van der Waals surface area contributed by atoms with Crippen molar-refractivity contribution in [3.8, 4) is 0 Å². The Bertz CT molecular complexity index is 238. The molecular formula is C9H14N2O2. The van der Waals surface area contributed by atoms with E-state index in [9.17, 15) is 9.59 Å². The smallest absolute Gasteiger partial charge is 0.243 e. The van der Waals surface area contributed by atoms with Gasteiger partial charge in [-0.1, -0.05) is 13.0 Å². The molecule has 1 aliphatic rings. The average Bonchev–Trinajstić information content (AvgIpc) is 2.11. The third-order valence-electron chi connectivity index (χ3n) is 2.08. The summed E-state index contributed by atoms with van der Waals surface area (Å²) < 4.78 is 0. The molecule has 4 nitrogen and oxygen atoms in total. The van der Waals surface area contributed by atoms with Crippen molar-refractivity contribution < 1.29 is 9.59 Å². The van der Waals surface area contributed by atoms with Crippen molar-refractivity contribution in [3.63, 3.8) is 0 Å². The first-order valence-electron chi connectivity index (χ1n) is 4.40. The van der Waals surface area contributed by atoms with Gasteiger partial charge < -0.3 is 10.6 Å². The second kappa shape index (κ2) is 4.07. The Labute approximate surface area is 77.4 Å². The number of nitrogens with one attached hydrogen (secondary N) is 2. The Morgan fingerprint density at radius 1 is 1.31 bits per heavy atom. The van der Waals surface area contributed by atoms with Gasteiger partial charge >= 0.3 is 0 Å². The Hall–Kier alpha value is -1.32. The van der Waals surface area contributed by atoms with Crippen LogP contribution >= 0.6 is 0 Å². The highest BCUT2D eigenvalue weighted by molar-refractivity contribution is 5.96. The number of amides is 2. The third kappa shape index (κ3) is 2.08. The normalized spacial score (nSPS) is 27.8. The van der Waals surface area contributed by atoms with Gasteiger partial charge in [-0.15, -0.1) is 6.58 Å². The number of hydrogen-bond acceptors (Lipinski definition) is 2. The van der Waals surface area contributed by atoms with E-state index in [0.29, 0.717) is 12.8 Å². The highest BCUT2D eigenvalue weighted by atomic mass is 16.2. The van der Waals surface area contributed by atoms with Crippen LogP contribution < -0.4 is 10.6 Å². The number of piperazine rings is 1. The maximum absolute atomic E-state index is 11.3. The second-order valence-electron chi connectivity index (χ2n) is 3.05. The Morgan fingerprint density at radius 3 is 2.38 bits per heavy atom. The molecule has 0 radical (unpaired) electrons. The summed E-state index contributed by atoms with van der Waals surface area (Å²) in [5.74, 6) is -0.222. The van der Waals surface area contributed by atoms with E-state index in [1.54, 1.807) is 6.08 Å². The van der Waals surface area contributed by atoms with Gasteiger partial charge in [-0.05, 0) is 12.8 Å². The van der Waals surface area contributed by atoms with E-state index in [-0.39, 0.29) is 17.9 Å². The molecule has 0 aliphatic carbocycles. The minimum Gasteiger partial charge on any atom is -0.343 e. The topological polar surface area (TPSA) is 58.2 Å². The number of carbonyl (C=O) groups excluding carboxylic acids is 2. The lowest BCUT2D eigenvalue weighted by atomic mass is 10.1. The zero-order chi connectivity index (χ0) is 9.84. The summed E-state index contributed by atoms with van der Waals surface area (Å²) in [6, 6.07) is -0.804. The molecule has 1 saturated heterocycles. The second-order valence-corrected chi connectivity index (χ2v) is 3.05. The van der Waals surface area contributed by atoms with E-state index in [1.165, 1.54) is 0 Å². The highest BCUT2D eigenvalue weighted by Crippen LogP contribution is 2.03. The molecule has 1 fully saturated rings. The fourth-order valence-electron chi connectivity index (χ4n) is 1.30. The van der Waals surface area contributed by atoms with Crippen molar-refractivity contribution in [2.24, 2.45) is 0 Å². The van der Waals surface area contributed by atoms with Crippen LogP contribution in [-0.2, 0) is 9.59 Å². The highest BCUT2D eigenvalue weighted by Gasteiger charge is 2.31. The van der Waals surface area contributed by atoms with Crippen LogP contribution in [0.4, 0.5) is 0 Å². The number of carbonyl (C=O) groups is 2. The molecule has 1 heterocycles. The van der Waals surface area contributed by atoms with Gasteiger partial charge in [0.05, 0.1) is 0 Å². The van der Waals surface area contributed by atoms with Gasteiger partial charge in [0.15, 0.2) is 0 Å². The van der Waals surface area contributed by atoms with E-state index in [1.807, 2.05) is 6.92 Å². The monoisotopic (exact) mass is 182 g/mol. The van der Waals surface area contributed by atoms with Gasteiger partial charge in [0, 0.05) is 0 Å². The lowest BCUT2D eigenvalue weighted by Crippen LogP contribution is -2.61. The maximum atomic E-state index is 11.3.